The second-order valence-electron chi connectivity index (χ2n) is 8.18. The first kappa shape index (κ1) is 18.8. The molecule has 0 aliphatic heterocycles. The Morgan fingerprint density at radius 3 is 2.50 bits per heavy atom. The first-order valence-electron chi connectivity index (χ1n) is 10.1. The molecule has 0 radical (unpaired) electrons. The standard InChI is InChI=1S/C22H29N3O3/c1-25-7-6-23-22(25)21(17-10-18(27-2)13-19(11-17)28-3)24-20(26)12-16-9-14-4-5-15(16)8-14/h6-7,10-11,13-16,21H,4-5,8-9,12H2,1-3H3,(H,24,26)/t14-,15-,16+,21+/m0/s1. The maximum Gasteiger partial charge on any atom is 0.221 e. The summed E-state index contributed by atoms with van der Waals surface area (Å²) < 4.78 is 12.8. The van der Waals surface area contributed by atoms with Crippen molar-refractivity contribution >= 4 is 5.91 Å². The van der Waals surface area contributed by atoms with Crippen LogP contribution in [0.3, 0.4) is 0 Å². The zero-order valence-corrected chi connectivity index (χ0v) is 16.9. The van der Waals surface area contributed by atoms with Crippen LogP contribution in [0.1, 0.15) is 49.5 Å². The topological polar surface area (TPSA) is 65.4 Å². The molecule has 2 saturated carbocycles. The van der Waals surface area contributed by atoms with Gasteiger partial charge in [-0.2, -0.15) is 0 Å². The molecule has 0 spiro atoms. The van der Waals surface area contributed by atoms with Gasteiger partial charge in [-0.1, -0.05) is 6.42 Å². The maximum atomic E-state index is 13.0. The van der Waals surface area contributed by atoms with Gasteiger partial charge in [0.25, 0.3) is 0 Å². The molecule has 1 heterocycles. The number of benzene rings is 1. The first-order valence-corrected chi connectivity index (χ1v) is 10.1. The van der Waals surface area contributed by atoms with Crippen LogP contribution in [0.15, 0.2) is 30.6 Å². The molecule has 28 heavy (non-hydrogen) atoms. The van der Waals surface area contributed by atoms with Gasteiger partial charge in [-0.25, -0.2) is 4.98 Å². The zero-order chi connectivity index (χ0) is 19.7. The second-order valence-corrected chi connectivity index (χ2v) is 8.18. The van der Waals surface area contributed by atoms with E-state index in [1.807, 2.05) is 36.0 Å². The molecule has 2 aliphatic rings. The number of amides is 1. The zero-order valence-electron chi connectivity index (χ0n) is 16.9. The number of hydrogen-bond acceptors (Lipinski definition) is 4. The maximum absolute atomic E-state index is 13.0. The van der Waals surface area contributed by atoms with Crippen LogP contribution >= 0.6 is 0 Å². The molecule has 6 nitrogen and oxygen atoms in total. The molecule has 6 heteroatoms. The highest BCUT2D eigenvalue weighted by Crippen LogP contribution is 2.49. The summed E-state index contributed by atoms with van der Waals surface area (Å²) in [4.78, 5) is 17.5. The SMILES string of the molecule is COc1cc(OC)cc([C@@H](NC(=O)C[C@H]2C[C@H]3CC[C@H]2C3)c2nccn2C)c1. The van der Waals surface area contributed by atoms with E-state index in [-0.39, 0.29) is 11.9 Å². The Labute approximate surface area is 166 Å². The molecule has 1 aromatic heterocycles. The Kier molecular flexibility index (Phi) is 5.29. The number of aromatic nitrogens is 2. The van der Waals surface area contributed by atoms with Crippen molar-refractivity contribution in [1.29, 1.82) is 0 Å². The number of methoxy groups -OCH3 is 2. The van der Waals surface area contributed by atoms with Crippen LogP contribution in [-0.4, -0.2) is 29.7 Å². The van der Waals surface area contributed by atoms with Crippen LogP contribution in [0.2, 0.25) is 0 Å². The third kappa shape index (κ3) is 3.73. The van der Waals surface area contributed by atoms with Crippen LogP contribution in [0.5, 0.6) is 11.5 Å². The van der Waals surface area contributed by atoms with Crippen molar-refractivity contribution in [1.82, 2.24) is 14.9 Å². The van der Waals surface area contributed by atoms with Crippen molar-refractivity contribution in [2.75, 3.05) is 14.2 Å². The molecule has 1 amide bonds. The summed E-state index contributed by atoms with van der Waals surface area (Å²) in [5, 5.41) is 3.23. The number of hydrogen-bond donors (Lipinski definition) is 1. The number of rotatable bonds is 7. The third-order valence-corrected chi connectivity index (χ3v) is 6.46. The molecule has 4 atom stereocenters. The van der Waals surface area contributed by atoms with E-state index in [2.05, 4.69) is 10.3 Å². The van der Waals surface area contributed by atoms with E-state index in [4.69, 9.17) is 9.47 Å². The molecule has 150 valence electrons. The molecule has 0 unspecified atom stereocenters. The molecule has 2 fully saturated rings. The molecule has 2 aromatic rings. The largest absolute Gasteiger partial charge is 0.497 e. The smallest absolute Gasteiger partial charge is 0.221 e. The van der Waals surface area contributed by atoms with Crippen LogP contribution in [0, 0.1) is 17.8 Å². The third-order valence-electron chi connectivity index (χ3n) is 6.46. The van der Waals surface area contributed by atoms with Gasteiger partial charge in [0.15, 0.2) is 0 Å². The van der Waals surface area contributed by atoms with Gasteiger partial charge in [0.05, 0.1) is 14.2 Å². The summed E-state index contributed by atoms with van der Waals surface area (Å²) >= 11 is 0. The number of ether oxygens (including phenoxy) is 2. The van der Waals surface area contributed by atoms with E-state index in [1.54, 1.807) is 20.4 Å². The van der Waals surface area contributed by atoms with Gasteiger partial charge >= 0.3 is 0 Å². The Morgan fingerprint density at radius 1 is 1.21 bits per heavy atom. The van der Waals surface area contributed by atoms with Crippen molar-refractivity contribution in [3.05, 3.63) is 42.0 Å². The number of fused-ring (bicyclic) bond motifs is 2. The number of aryl methyl sites for hydroxylation is 1. The first-order chi connectivity index (χ1) is 13.6. The second kappa shape index (κ2) is 7.86. The highest BCUT2D eigenvalue weighted by Gasteiger charge is 2.40. The van der Waals surface area contributed by atoms with E-state index in [0.29, 0.717) is 23.8 Å². The van der Waals surface area contributed by atoms with Gasteiger partial charge in [0.2, 0.25) is 5.91 Å². The molecule has 1 N–H and O–H groups in total. The minimum Gasteiger partial charge on any atom is -0.497 e. The van der Waals surface area contributed by atoms with Crippen molar-refractivity contribution in [2.24, 2.45) is 24.8 Å². The van der Waals surface area contributed by atoms with E-state index in [0.717, 1.165) is 23.2 Å². The van der Waals surface area contributed by atoms with Crippen molar-refractivity contribution < 1.29 is 14.3 Å². The summed E-state index contributed by atoms with van der Waals surface area (Å²) in [5.74, 6) is 4.37. The number of carbonyl (C=O) groups excluding carboxylic acids is 1. The fourth-order valence-electron chi connectivity index (χ4n) is 5.03. The van der Waals surface area contributed by atoms with Gasteiger partial charge < -0.3 is 19.4 Å². The lowest BCUT2D eigenvalue weighted by atomic mass is 9.86. The van der Waals surface area contributed by atoms with Crippen molar-refractivity contribution in [3.63, 3.8) is 0 Å². The lowest BCUT2D eigenvalue weighted by Gasteiger charge is -2.24. The van der Waals surface area contributed by atoms with Crippen LogP contribution in [0.4, 0.5) is 0 Å². The summed E-state index contributed by atoms with van der Waals surface area (Å²) in [6.45, 7) is 0. The van der Waals surface area contributed by atoms with Crippen LogP contribution in [-0.2, 0) is 11.8 Å². The summed E-state index contributed by atoms with van der Waals surface area (Å²) in [5.41, 5.74) is 0.895. The summed E-state index contributed by atoms with van der Waals surface area (Å²) in [7, 11) is 5.19. The van der Waals surface area contributed by atoms with Crippen molar-refractivity contribution in [2.45, 2.75) is 38.1 Å². The highest BCUT2D eigenvalue weighted by molar-refractivity contribution is 5.77. The number of nitrogens with one attached hydrogen (secondary N) is 1. The summed E-state index contributed by atoms with van der Waals surface area (Å²) in [6, 6.07) is 5.34. The van der Waals surface area contributed by atoms with Gasteiger partial charge in [-0.3, -0.25) is 4.79 Å². The lowest BCUT2D eigenvalue weighted by Crippen LogP contribution is -2.33. The number of nitrogens with zero attached hydrogens (tertiary/aromatic N) is 2. The van der Waals surface area contributed by atoms with Crippen LogP contribution < -0.4 is 14.8 Å². The molecule has 2 bridgehead atoms. The van der Waals surface area contributed by atoms with Gasteiger partial charge in [0, 0.05) is 31.9 Å². The van der Waals surface area contributed by atoms with Crippen molar-refractivity contribution in [3.8, 4) is 11.5 Å². The van der Waals surface area contributed by atoms with E-state index in [1.165, 1.54) is 25.7 Å². The highest BCUT2D eigenvalue weighted by atomic mass is 16.5. The molecule has 1 aromatic carbocycles. The molecular formula is C22H29N3O3. The van der Waals surface area contributed by atoms with E-state index >= 15 is 0 Å². The minimum atomic E-state index is -0.352. The average molecular weight is 383 g/mol. The Hall–Kier alpha value is -2.50. The average Bonchev–Trinajstić information content (AvgIpc) is 3.43. The molecule has 0 saturated heterocycles. The molecule has 2 aliphatic carbocycles. The Balaban J connectivity index is 1.58. The predicted molar refractivity (Wildman–Crippen MR) is 106 cm³/mol. The molecule has 4 rings (SSSR count). The minimum absolute atomic E-state index is 0.0901. The normalized spacial score (nSPS) is 24.2. The summed E-state index contributed by atoms with van der Waals surface area (Å²) in [6.07, 6.45) is 9.40. The van der Waals surface area contributed by atoms with Gasteiger partial charge in [-0.05, 0) is 54.7 Å². The van der Waals surface area contributed by atoms with Crippen LogP contribution in [0.25, 0.3) is 0 Å². The van der Waals surface area contributed by atoms with Gasteiger partial charge in [-0.15, -0.1) is 0 Å². The lowest BCUT2D eigenvalue weighted by molar-refractivity contribution is -0.123. The fourth-order valence-corrected chi connectivity index (χ4v) is 5.03. The quantitative estimate of drug-likeness (QED) is 0.795. The fraction of sp³-hybridized carbons (Fsp3) is 0.545. The molecular weight excluding hydrogens is 354 g/mol. The van der Waals surface area contributed by atoms with E-state index in [9.17, 15) is 4.79 Å². The van der Waals surface area contributed by atoms with Gasteiger partial charge in [0.1, 0.15) is 23.4 Å². The Morgan fingerprint density at radius 2 is 1.96 bits per heavy atom. The Bertz CT molecular complexity index is 825. The van der Waals surface area contributed by atoms with E-state index < -0.39 is 0 Å². The number of imidazole rings is 1. The predicted octanol–water partition coefficient (Wildman–Crippen LogP) is 3.47. The monoisotopic (exact) mass is 383 g/mol. The number of carbonyl (C=O) groups is 1.